The number of nitrogens with zero attached hydrogens (tertiary/aromatic N) is 3. The van der Waals surface area contributed by atoms with Crippen LogP contribution in [0.25, 0.3) is 0 Å². The number of rotatable bonds is 3. The number of hydrogen-bond acceptors (Lipinski definition) is 3. The number of urea groups is 1. The molecule has 0 spiro atoms. The Hall–Kier alpha value is -1.59. The molecule has 0 saturated heterocycles. The van der Waals surface area contributed by atoms with Crippen molar-refractivity contribution in [3.8, 4) is 0 Å². The lowest BCUT2D eigenvalue weighted by atomic mass is 9.53. The molecule has 2 N–H and O–H groups in total. The lowest BCUT2D eigenvalue weighted by molar-refractivity contribution is -0.0137. The molecule has 0 atom stereocenters. The standard InChI is InChI=1S/C19H29N5O/c25-18(22-16-1-3-17(4-2-16)24-12-20-11-21-24)23-19-8-13-5-14(9-19)7-15(6-13)10-19/h11-17H,1-10H2,(H2,22,23,25). The molecule has 5 saturated carbocycles. The molecule has 0 unspecified atom stereocenters. The first-order valence-electron chi connectivity index (χ1n) is 10.1. The van der Waals surface area contributed by atoms with E-state index >= 15 is 0 Å². The molecule has 5 aliphatic rings. The topological polar surface area (TPSA) is 71.8 Å². The Morgan fingerprint density at radius 2 is 1.64 bits per heavy atom. The molecule has 0 aliphatic heterocycles. The van der Waals surface area contributed by atoms with E-state index in [4.69, 9.17) is 0 Å². The van der Waals surface area contributed by atoms with Gasteiger partial charge in [0.05, 0.1) is 6.04 Å². The van der Waals surface area contributed by atoms with E-state index < -0.39 is 0 Å². The van der Waals surface area contributed by atoms with Crippen LogP contribution in [-0.4, -0.2) is 32.4 Å². The summed E-state index contributed by atoms with van der Waals surface area (Å²) < 4.78 is 1.96. The van der Waals surface area contributed by atoms with Gasteiger partial charge < -0.3 is 10.6 Å². The summed E-state index contributed by atoms with van der Waals surface area (Å²) in [6.45, 7) is 0. The van der Waals surface area contributed by atoms with Crippen LogP contribution in [0.5, 0.6) is 0 Å². The van der Waals surface area contributed by atoms with Crippen molar-refractivity contribution in [2.24, 2.45) is 17.8 Å². The van der Waals surface area contributed by atoms with Crippen LogP contribution in [0.3, 0.4) is 0 Å². The fourth-order valence-electron chi connectivity index (χ4n) is 6.62. The highest BCUT2D eigenvalue weighted by Crippen LogP contribution is 2.55. The van der Waals surface area contributed by atoms with Crippen LogP contribution in [0.4, 0.5) is 4.79 Å². The second kappa shape index (κ2) is 5.99. The van der Waals surface area contributed by atoms with Gasteiger partial charge in [-0.3, -0.25) is 0 Å². The van der Waals surface area contributed by atoms with Crippen LogP contribution < -0.4 is 10.6 Å². The predicted octanol–water partition coefficient (Wildman–Crippen LogP) is 3.03. The van der Waals surface area contributed by atoms with Gasteiger partial charge in [0.2, 0.25) is 0 Å². The highest BCUT2D eigenvalue weighted by atomic mass is 16.2. The van der Waals surface area contributed by atoms with Gasteiger partial charge in [-0.25, -0.2) is 14.5 Å². The molecular formula is C19H29N5O. The van der Waals surface area contributed by atoms with E-state index in [2.05, 4.69) is 20.7 Å². The van der Waals surface area contributed by atoms with Crippen LogP contribution in [0.2, 0.25) is 0 Å². The van der Waals surface area contributed by atoms with Crippen molar-refractivity contribution in [1.82, 2.24) is 25.4 Å². The first-order valence-corrected chi connectivity index (χ1v) is 10.1. The molecule has 136 valence electrons. The van der Waals surface area contributed by atoms with Gasteiger partial charge in [-0.2, -0.15) is 5.10 Å². The highest BCUT2D eigenvalue weighted by Gasteiger charge is 2.51. The quantitative estimate of drug-likeness (QED) is 0.886. The van der Waals surface area contributed by atoms with Gasteiger partial charge >= 0.3 is 6.03 Å². The Morgan fingerprint density at radius 3 is 2.20 bits per heavy atom. The highest BCUT2D eigenvalue weighted by molar-refractivity contribution is 5.75. The average Bonchev–Trinajstić information content (AvgIpc) is 3.08. The fraction of sp³-hybridized carbons (Fsp3) is 0.842. The van der Waals surface area contributed by atoms with Crippen LogP contribution in [0.15, 0.2) is 12.7 Å². The van der Waals surface area contributed by atoms with E-state index in [-0.39, 0.29) is 11.6 Å². The summed E-state index contributed by atoms with van der Waals surface area (Å²) >= 11 is 0. The maximum absolute atomic E-state index is 12.7. The fourth-order valence-corrected chi connectivity index (χ4v) is 6.62. The van der Waals surface area contributed by atoms with E-state index in [9.17, 15) is 4.79 Å². The van der Waals surface area contributed by atoms with Gasteiger partial charge in [0.1, 0.15) is 12.7 Å². The molecule has 6 nitrogen and oxygen atoms in total. The molecule has 5 aliphatic carbocycles. The van der Waals surface area contributed by atoms with E-state index in [1.54, 1.807) is 12.7 Å². The van der Waals surface area contributed by atoms with Crippen molar-refractivity contribution in [2.45, 2.75) is 81.8 Å². The maximum atomic E-state index is 12.7. The number of carbonyl (C=O) groups excluding carboxylic acids is 1. The largest absolute Gasteiger partial charge is 0.335 e. The van der Waals surface area contributed by atoms with E-state index in [0.29, 0.717) is 12.1 Å². The monoisotopic (exact) mass is 343 g/mol. The minimum atomic E-state index is 0.0751. The second-order valence-electron chi connectivity index (χ2n) is 9.18. The molecule has 1 aromatic heterocycles. The summed E-state index contributed by atoms with van der Waals surface area (Å²) in [6.07, 6.45) is 15.5. The third-order valence-corrected chi connectivity index (χ3v) is 7.26. The van der Waals surface area contributed by atoms with Gasteiger partial charge in [0, 0.05) is 11.6 Å². The first-order chi connectivity index (χ1) is 12.2. The molecule has 1 heterocycles. The van der Waals surface area contributed by atoms with Gasteiger partial charge in [-0.15, -0.1) is 0 Å². The molecular weight excluding hydrogens is 314 g/mol. The van der Waals surface area contributed by atoms with Crippen molar-refractivity contribution in [3.63, 3.8) is 0 Å². The Morgan fingerprint density at radius 1 is 1.00 bits per heavy atom. The average molecular weight is 343 g/mol. The Labute approximate surface area is 149 Å². The predicted molar refractivity (Wildman–Crippen MR) is 93.9 cm³/mol. The zero-order valence-electron chi connectivity index (χ0n) is 14.9. The van der Waals surface area contributed by atoms with Gasteiger partial charge in [-0.05, 0) is 82.0 Å². The summed E-state index contributed by atoms with van der Waals surface area (Å²) in [5.41, 5.74) is 0.108. The van der Waals surface area contributed by atoms with E-state index in [1.807, 2.05) is 4.68 Å². The zero-order valence-corrected chi connectivity index (χ0v) is 14.9. The van der Waals surface area contributed by atoms with Crippen molar-refractivity contribution < 1.29 is 4.79 Å². The third kappa shape index (κ3) is 3.04. The molecule has 0 aromatic carbocycles. The normalized spacial score (nSPS) is 42.3. The van der Waals surface area contributed by atoms with Crippen LogP contribution in [0, 0.1) is 17.8 Å². The SMILES string of the molecule is O=C(NC1CCC(n2cncn2)CC1)NC12CC3CC(CC(C3)C1)C2. The number of amides is 2. The van der Waals surface area contributed by atoms with Crippen molar-refractivity contribution in [1.29, 1.82) is 0 Å². The molecule has 6 rings (SSSR count). The lowest BCUT2D eigenvalue weighted by Gasteiger charge is -2.56. The summed E-state index contributed by atoms with van der Waals surface area (Å²) in [6, 6.07) is 0.812. The molecule has 1 aromatic rings. The van der Waals surface area contributed by atoms with Gasteiger partial charge in [0.15, 0.2) is 0 Å². The number of hydrogen-bond donors (Lipinski definition) is 2. The molecule has 0 radical (unpaired) electrons. The van der Waals surface area contributed by atoms with E-state index in [1.165, 1.54) is 38.5 Å². The molecule has 5 fully saturated rings. The van der Waals surface area contributed by atoms with Crippen molar-refractivity contribution in [2.75, 3.05) is 0 Å². The summed E-state index contributed by atoms with van der Waals surface area (Å²) in [4.78, 5) is 16.7. The van der Waals surface area contributed by atoms with Crippen LogP contribution in [0.1, 0.15) is 70.3 Å². The van der Waals surface area contributed by atoms with Gasteiger partial charge in [-0.1, -0.05) is 0 Å². The Balaban J connectivity index is 1.14. The molecule has 4 bridgehead atoms. The Kier molecular flexibility index (Phi) is 3.75. The van der Waals surface area contributed by atoms with Crippen LogP contribution in [-0.2, 0) is 0 Å². The first kappa shape index (κ1) is 15.6. The molecule has 25 heavy (non-hydrogen) atoms. The number of nitrogens with one attached hydrogen (secondary N) is 2. The third-order valence-electron chi connectivity index (χ3n) is 7.26. The summed E-state index contributed by atoms with van der Waals surface area (Å²) in [5, 5.41) is 11.0. The van der Waals surface area contributed by atoms with E-state index in [0.717, 1.165) is 43.4 Å². The van der Waals surface area contributed by atoms with Crippen molar-refractivity contribution >= 4 is 6.03 Å². The van der Waals surface area contributed by atoms with Crippen molar-refractivity contribution in [3.05, 3.63) is 12.7 Å². The summed E-state index contributed by atoms with van der Waals surface area (Å²) in [7, 11) is 0. The lowest BCUT2D eigenvalue weighted by Crippen LogP contribution is -2.62. The smallest absolute Gasteiger partial charge is 0.315 e. The summed E-state index contributed by atoms with van der Waals surface area (Å²) in [5.74, 6) is 2.60. The minimum absolute atomic E-state index is 0.0751. The molecule has 6 heteroatoms. The van der Waals surface area contributed by atoms with Crippen LogP contribution >= 0.6 is 0 Å². The minimum Gasteiger partial charge on any atom is -0.335 e. The number of aromatic nitrogens is 3. The zero-order chi connectivity index (χ0) is 16.9. The molecule has 2 amide bonds. The van der Waals surface area contributed by atoms with Gasteiger partial charge in [0.25, 0.3) is 0 Å². The Bertz CT molecular complexity index is 584. The number of carbonyl (C=O) groups is 1. The maximum Gasteiger partial charge on any atom is 0.315 e. The second-order valence-corrected chi connectivity index (χ2v) is 9.18.